The van der Waals surface area contributed by atoms with E-state index in [9.17, 15) is 0 Å². The fourth-order valence-electron chi connectivity index (χ4n) is 1.99. The molecule has 2 aromatic heterocycles. The highest BCUT2D eigenvalue weighted by Crippen LogP contribution is 2.31. The highest BCUT2D eigenvalue weighted by molar-refractivity contribution is 9.10. The largest absolute Gasteiger partial charge is 0.346 e. The summed E-state index contributed by atoms with van der Waals surface area (Å²) in [5, 5.41) is 6.45. The normalized spacial score (nSPS) is 11.3. The lowest BCUT2D eigenvalue weighted by molar-refractivity contribution is 0.768. The third-order valence-corrected chi connectivity index (χ3v) is 5.81. The number of hydrogen-bond donors (Lipinski definition) is 1. The number of rotatable bonds is 6. The minimum absolute atomic E-state index is 0.465. The predicted molar refractivity (Wildman–Crippen MR) is 93.1 cm³/mol. The van der Waals surface area contributed by atoms with Crippen LogP contribution in [0.25, 0.3) is 0 Å². The van der Waals surface area contributed by atoms with E-state index in [0.29, 0.717) is 5.92 Å². The number of hydrogen-bond acceptors (Lipinski definition) is 5. The summed E-state index contributed by atoms with van der Waals surface area (Å²) < 4.78 is 1.16. The second-order valence-electron chi connectivity index (χ2n) is 5.08. The van der Waals surface area contributed by atoms with Crippen molar-refractivity contribution < 1.29 is 0 Å². The summed E-state index contributed by atoms with van der Waals surface area (Å²) in [6.45, 7) is 6.20. The van der Waals surface area contributed by atoms with E-state index in [0.717, 1.165) is 22.7 Å². The van der Waals surface area contributed by atoms with Crippen molar-refractivity contribution in [3.8, 4) is 0 Å². The number of nitrogens with one attached hydrogen (secondary N) is 1. The van der Waals surface area contributed by atoms with Crippen molar-refractivity contribution in [3.05, 3.63) is 31.4 Å². The Morgan fingerprint density at radius 3 is 2.75 bits per heavy atom. The SMILES string of the molecule is CNCc1sc(N(C)Cc2cc(Br)cs2)nc1C(C)C. The molecule has 20 heavy (non-hydrogen) atoms. The van der Waals surface area contributed by atoms with Gasteiger partial charge in [-0.1, -0.05) is 13.8 Å². The number of aromatic nitrogens is 1. The first kappa shape index (κ1) is 15.9. The van der Waals surface area contributed by atoms with Crippen molar-refractivity contribution in [2.75, 3.05) is 19.0 Å². The number of anilines is 1. The molecule has 0 amide bonds. The lowest BCUT2D eigenvalue weighted by atomic mass is 10.1. The summed E-state index contributed by atoms with van der Waals surface area (Å²) in [6, 6.07) is 2.17. The summed E-state index contributed by atoms with van der Waals surface area (Å²) in [7, 11) is 4.09. The molecule has 1 N–H and O–H groups in total. The van der Waals surface area contributed by atoms with Gasteiger partial charge in [-0.3, -0.25) is 0 Å². The fourth-order valence-corrected chi connectivity index (χ4v) is 4.68. The van der Waals surface area contributed by atoms with Gasteiger partial charge in [0.25, 0.3) is 0 Å². The van der Waals surface area contributed by atoms with Gasteiger partial charge in [0.05, 0.1) is 12.2 Å². The summed E-state index contributed by atoms with van der Waals surface area (Å²) in [5.41, 5.74) is 1.22. The fraction of sp³-hybridized carbons (Fsp3) is 0.500. The average Bonchev–Trinajstić information content (AvgIpc) is 2.96. The zero-order valence-electron chi connectivity index (χ0n) is 12.2. The molecule has 0 radical (unpaired) electrons. The molecule has 0 aliphatic rings. The number of thiazole rings is 1. The maximum atomic E-state index is 4.83. The summed E-state index contributed by atoms with van der Waals surface area (Å²) in [6.07, 6.45) is 0. The quantitative estimate of drug-likeness (QED) is 0.810. The first-order valence-corrected chi connectivity index (χ1v) is 9.08. The van der Waals surface area contributed by atoms with Crippen LogP contribution in [0.15, 0.2) is 15.9 Å². The molecule has 110 valence electrons. The van der Waals surface area contributed by atoms with Crippen molar-refractivity contribution >= 4 is 43.7 Å². The Kier molecular flexibility index (Phi) is 5.60. The molecule has 0 aromatic carbocycles. The Morgan fingerprint density at radius 2 is 2.20 bits per heavy atom. The molecular weight excluding hydrogens is 354 g/mol. The first-order chi connectivity index (χ1) is 9.51. The first-order valence-electron chi connectivity index (χ1n) is 6.59. The molecular formula is C14H20BrN3S2. The van der Waals surface area contributed by atoms with Gasteiger partial charge >= 0.3 is 0 Å². The van der Waals surface area contributed by atoms with Crippen LogP contribution in [0.5, 0.6) is 0 Å². The Hall–Kier alpha value is -0.430. The molecule has 2 aromatic rings. The Morgan fingerprint density at radius 1 is 1.45 bits per heavy atom. The van der Waals surface area contributed by atoms with Gasteiger partial charge in [-0.15, -0.1) is 22.7 Å². The van der Waals surface area contributed by atoms with Crippen molar-refractivity contribution in [1.29, 1.82) is 0 Å². The van der Waals surface area contributed by atoms with E-state index in [4.69, 9.17) is 4.98 Å². The summed E-state index contributed by atoms with van der Waals surface area (Å²) in [4.78, 5) is 9.75. The molecule has 3 nitrogen and oxygen atoms in total. The lowest BCUT2D eigenvalue weighted by Crippen LogP contribution is -2.15. The second-order valence-corrected chi connectivity index (χ2v) is 8.05. The van der Waals surface area contributed by atoms with E-state index < -0.39 is 0 Å². The molecule has 0 saturated carbocycles. The van der Waals surface area contributed by atoms with E-state index in [2.05, 4.69) is 58.5 Å². The van der Waals surface area contributed by atoms with Gasteiger partial charge in [0.15, 0.2) is 5.13 Å². The summed E-state index contributed by atoms with van der Waals surface area (Å²) in [5.74, 6) is 0.465. The maximum Gasteiger partial charge on any atom is 0.185 e. The van der Waals surface area contributed by atoms with E-state index >= 15 is 0 Å². The van der Waals surface area contributed by atoms with E-state index in [1.54, 1.807) is 22.7 Å². The highest BCUT2D eigenvalue weighted by Gasteiger charge is 2.16. The van der Waals surface area contributed by atoms with Gasteiger partial charge in [-0.05, 0) is 35.0 Å². The Bertz CT molecular complexity index is 563. The monoisotopic (exact) mass is 373 g/mol. The van der Waals surface area contributed by atoms with Crippen LogP contribution in [0.2, 0.25) is 0 Å². The highest BCUT2D eigenvalue weighted by atomic mass is 79.9. The zero-order valence-corrected chi connectivity index (χ0v) is 15.5. The lowest BCUT2D eigenvalue weighted by Gasteiger charge is -2.14. The van der Waals surface area contributed by atoms with Crippen LogP contribution in [-0.2, 0) is 13.1 Å². The summed E-state index contributed by atoms with van der Waals surface area (Å²) >= 11 is 7.07. The van der Waals surface area contributed by atoms with Crippen LogP contribution in [-0.4, -0.2) is 19.1 Å². The Balaban J connectivity index is 2.16. The smallest absolute Gasteiger partial charge is 0.185 e. The molecule has 2 rings (SSSR count). The Labute approximate surface area is 137 Å². The van der Waals surface area contributed by atoms with Crippen molar-refractivity contribution in [3.63, 3.8) is 0 Å². The second kappa shape index (κ2) is 7.02. The van der Waals surface area contributed by atoms with Crippen LogP contribution >= 0.6 is 38.6 Å². The molecule has 0 aliphatic carbocycles. The molecule has 0 spiro atoms. The third kappa shape index (κ3) is 3.81. The molecule has 0 aliphatic heterocycles. The van der Waals surface area contributed by atoms with Crippen LogP contribution in [0.1, 0.15) is 35.2 Å². The van der Waals surface area contributed by atoms with Gasteiger partial charge in [0.2, 0.25) is 0 Å². The van der Waals surface area contributed by atoms with Crippen LogP contribution in [0.3, 0.4) is 0 Å². The van der Waals surface area contributed by atoms with E-state index in [1.807, 2.05) is 7.05 Å². The van der Waals surface area contributed by atoms with Crippen molar-refractivity contribution in [1.82, 2.24) is 10.3 Å². The van der Waals surface area contributed by atoms with Gasteiger partial charge in [0.1, 0.15) is 0 Å². The number of thiophene rings is 1. The van der Waals surface area contributed by atoms with Crippen LogP contribution < -0.4 is 10.2 Å². The molecule has 0 unspecified atom stereocenters. The maximum absolute atomic E-state index is 4.83. The van der Waals surface area contributed by atoms with Gasteiger partial charge in [0, 0.05) is 33.2 Å². The van der Waals surface area contributed by atoms with E-state index in [-0.39, 0.29) is 0 Å². The van der Waals surface area contributed by atoms with Gasteiger partial charge in [-0.2, -0.15) is 0 Å². The molecule has 0 fully saturated rings. The molecule has 2 heterocycles. The average molecular weight is 374 g/mol. The van der Waals surface area contributed by atoms with Crippen molar-refractivity contribution in [2.24, 2.45) is 0 Å². The molecule has 0 bridgehead atoms. The zero-order chi connectivity index (χ0) is 14.7. The van der Waals surface area contributed by atoms with Gasteiger partial charge < -0.3 is 10.2 Å². The number of halogens is 1. The van der Waals surface area contributed by atoms with Crippen LogP contribution in [0, 0.1) is 0 Å². The topological polar surface area (TPSA) is 28.2 Å². The molecule has 6 heteroatoms. The minimum Gasteiger partial charge on any atom is -0.346 e. The van der Waals surface area contributed by atoms with E-state index in [1.165, 1.54) is 15.4 Å². The molecule has 0 saturated heterocycles. The number of nitrogens with zero attached hydrogens (tertiary/aromatic N) is 2. The van der Waals surface area contributed by atoms with Gasteiger partial charge in [-0.25, -0.2) is 4.98 Å². The standard InChI is InChI=1S/C14H20BrN3S2/c1-9(2)13-12(6-16-3)20-14(17-13)18(4)7-11-5-10(15)8-19-11/h5,8-9,16H,6-7H2,1-4H3. The molecule has 0 atom stereocenters. The van der Waals surface area contributed by atoms with Crippen LogP contribution in [0.4, 0.5) is 5.13 Å². The van der Waals surface area contributed by atoms with Crippen molar-refractivity contribution in [2.45, 2.75) is 32.9 Å². The third-order valence-electron chi connectivity index (χ3n) is 2.94. The minimum atomic E-state index is 0.465. The predicted octanol–water partition coefficient (Wildman–Crippen LogP) is 4.45.